The Morgan fingerprint density at radius 1 is 1.50 bits per heavy atom. The van der Waals surface area contributed by atoms with Gasteiger partial charge in [0.15, 0.2) is 5.13 Å². The van der Waals surface area contributed by atoms with E-state index in [2.05, 4.69) is 34.1 Å². The highest BCUT2D eigenvalue weighted by molar-refractivity contribution is 7.13. The molecular formula is C15H27N5O3S. The second-order valence-electron chi connectivity index (χ2n) is 5.79. The first-order valence-electron chi connectivity index (χ1n) is 7.93. The number of rotatable bonds is 6. The van der Waals surface area contributed by atoms with Gasteiger partial charge in [0.05, 0.1) is 12.2 Å². The predicted molar refractivity (Wildman–Crippen MR) is 94.8 cm³/mol. The molecule has 1 saturated heterocycles. The molecule has 1 atom stereocenters. The van der Waals surface area contributed by atoms with E-state index in [1.165, 1.54) is 11.3 Å². The smallest absolute Gasteiger partial charge is 0.290 e. The Bertz CT molecular complexity index is 503. The molecule has 136 valence electrons. The van der Waals surface area contributed by atoms with Crippen LogP contribution in [0.2, 0.25) is 0 Å². The lowest BCUT2D eigenvalue weighted by Crippen LogP contribution is -2.48. The van der Waals surface area contributed by atoms with Gasteiger partial charge in [0.2, 0.25) is 5.91 Å². The molecule has 0 aromatic carbocycles. The molecule has 2 rings (SSSR count). The summed E-state index contributed by atoms with van der Waals surface area (Å²) in [7, 11) is 2.15. The van der Waals surface area contributed by atoms with Gasteiger partial charge in [-0.2, -0.15) is 0 Å². The van der Waals surface area contributed by atoms with Crippen molar-refractivity contribution < 1.29 is 14.7 Å². The number of hydrogen-bond donors (Lipinski definition) is 3. The first kappa shape index (κ1) is 20.3. The molecule has 1 amide bonds. The fourth-order valence-electron chi connectivity index (χ4n) is 2.47. The van der Waals surface area contributed by atoms with Crippen LogP contribution in [-0.4, -0.2) is 71.5 Å². The van der Waals surface area contributed by atoms with Gasteiger partial charge >= 0.3 is 0 Å². The number of nitrogens with zero attached hydrogens (tertiary/aromatic N) is 3. The highest BCUT2D eigenvalue weighted by atomic mass is 32.1. The van der Waals surface area contributed by atoms with Crippen LogP contribution in [0.3, 0.4) is 0 Å². The molecule has 24 heavy (non-hydrogen) atoms. The number of nitrogen functional groups attached to an aromatic ring is 1. The number of aromatic nitrogens is 1. The molecule has 8 nitrogen and oxygen atoms in total. The zero-order valence-electron chi connectivity index (χ0n) is 14.3. The lowest BCUT2D eigenvalue weighted by Gasteiger charge is -2.36. The number of carbonyl (C=O) groups excluding carboxylic acids is 1. The summed E-state index contributed by atoms with van der Waals surface area (Å²) in [5.41, 5.74) is 6.39. The molecule has 0 aliphatic carbocycles. The number of hydrogen-bond acceptors (Lipinski definition) is 7. The highest BCUT2D eigenvalue weighted by Crippen LogP contribution is 2.12. The van der Waals surface area contributed by atoms with Gasteiger partial charge in [0, 0.05) is 44.0 Å². The van der Waals surface area contributed by atoms with E-state index in [1.54, 1.807) is 0 Å². The van der Waals surface area contributed by atoms with Crippen LogP contribution in [0.15, 0.2) is 5.38 Å². The third-order valence-electron chi connectivity index (χ3n) is 3.99. The maximum atomic E-state index is 11.9. The van der Waals surface area contributed by atoms with Crippen molar-refractivity contribution in [2.75, 3.05) is 39.0 Å². The van der Waals surface area contributed by atoms with Gasteiger partial charge < -0.3 is 21.1 Å². The van der Waals surface area contributed by atoms with E-state index in [4.69, 9.17) is 15.6 Å². The van der Waals surface area contributed by atoms with Gasteiger partial charge in [0.1, 0.15) is 0 Å². The third-order valence-corrected chi connectivity index (χ3v) is 4.71. The minimum atomic E-state index is -0.250. The number of anilines is 1. The zero-order valence-corrected chi connectivity index (χ0v) is 15.1. The van der Waals surface area contributed by atoms with E-state index >= 15 is 0 Å². The minimum absolute atomic E-state index is 0.0857. The average Bonchev–Trinajstić information content (AvgIpc) is 2.97. The molecule has 1 aliphatic rings. The lowest BCUT2D eigenvalue weighted by atomic mass is 10.1. The molecule has 9 heteroatoms. The summed E-state index contributed by atoms with van der Waals surface area (Å²) in [6.45, 7) is 6.84. The topological polar surface area (TPSA) is 112 Å². The normalized spacial score (nSPS) is 16.8. The lowest BCUT2D eigenvalue weighted by molar-refractivity contribution is -0.123. The maximum Gasteiger partial charge on any atom is 0.290 e. The molecule has 1 fully saturated rings. The fraction of sp³-hybridized carbons (Fsp3) is 0.667. The molecule has 1 aromatic rings. The molecule has 1 aromatic heterocycles. The summed E-state index contributed by atoms with van der Waals surface area (Å²) in [5.74, 6) is 0.0857. The van der Waals surface area contributed by atoms with E-state index in [0.717, 1.165) is 38.3 Å². The van der Waals surface area contributed by atoms with Gasteiger partial charge in [-0.05, 0) is 20.4 Å². The number of likely N-dealkylation sites (N-methyl/N-ethyl adjacent to an activating group) is 1. The van der Waals surface area contributed by atoms with Crippen molar-refractivity contribution in [3.05, 3.63) is 11.1 Å². The fourth-order valence-corrected chi connectivity index (χ4v) is 3.03. The summed E-state index contributed by atoms with van der Waals surface area (Å²) in [4.78, 5) is 29.2. The van der Waals surface area contributed by atoms with Crippen LogP contribution in [0.1, 0.15) is 25.5 Å². The molecular weight excluding hydrogens is 330 g/mol. The molecule has 0 radical (unpaired) electrons. The summed E-state index contributed by atoms with van der Waals surface area (Å²) in [6.07, 6.45) is 1.46. The zero-order chi connectivity index (χ0) is 17.9. The third kappa shape index (κ3) is 7.71. The summed E-state index contributed by atoms with van der Waals surface area (Å²) < 4.78 is 0. The first-order chi connectivity index (χ1) is 11.5. The van der Waals surface area contributed by atoms with Crippen molar-refractivity contribution in [1.82, 2.24) is 20.1 Å². The van der Waals surface area contributed by atoms with Gasteiger partial charge in [-0.1, -0.05) is 0 Å². The van der Waals surface area contributed by atoms with E-state index in [1.807, 2.05) is 5.38 Å². The van der Waals surface area contributed by atoms with Crippen LogP contribution in [0.5, 0.6) is 0 Å². The second kappa shape index (κ2) is 11.0. The maximum absolute atomic E-state index is 11.9. The van der Waals surface area contributed by atoms with Crippen LogP contribution in [0, 0.1) is 0 Å². The quantitative estimate of drug-likeness (QED) is 0.634. The molecule has 0 spiro atoms. The van der Waals surface area contributed by atoms with Gasteiger partial charge in [-0.25, -0.2) is 4.98 Å². The molecule has 0 saturated carbocycles. The Morgan fingerprint density at radius 3 is 2.67 bits per heavy atom. The Balaban J connectivity index is 0.000000891. The number of nitrogens with one attached hydrogen (secondary N) is 1. The molecule has 2 heterocycles. The SMILES string of the molecule is CC(CCC(=O)NCc1csc(N)n1)N1CCN(C)CC1.O=CO. The largest absolute Gasteiger partial charge is 0.483 e. The predicted octanol–water partition coefficient (Wildman–Crippen LogP) is 0.458. The van der Waals surface area contributed by atoms with Crippen LogP contribution < -0.4 is 11.1 Å². The minimum Gasteiger partial charge on any atom is -0.483 e. The van der Waals surface area contributed by atoms with E-state index < -0.39 is 0 Å². The van der Waals surface area contributed by atoms with Crippen LogP contribution >= 0.6 is 11.3 Å². The summed E-state index contributed by atoms with van der Waals surface area (Å²) >= 11 is 1.40. The van der Waals surface area contributed by atoms with Gasteiger partial charge in [0.25, 0.3) is 6.47 Å². The van der Waals surface area contributed by atoms with Gasteiger partial charge in [-0.3, -0.25) is 14.5 Å². The van der Waals surface area contributed by atoms with Crippen molar-refractivity contribution in [1.29, 1.82) is 0 Å². The van der Waals surface area contributed by atoms with Crippen molar-refractivity contribution in [3.63, 3.8) is 0 Å². The standard InChI is InChI=1S/C14H25N5OS.CH2O2/c1-11(19-7-5-18(2)6-8-19)3-4-13(20)16-9-12-10-21-14(15)17-12;2-1-3/h10-11H,3-9H2,1-2H3,(H2,15,17)(H,16,20);1H,(H,2,3). The van der Waals surface area contributed by atoms with Crippen molar-refractivity contribution >= 4 is 28.8 Å². The number of amides is 1. The number of piperazine rings is 1. The number of carbonyl (C=O) groups is 2. The van der Waals surface area contributed by atoms with Gasteiger partial charge in [-0.15, -0.1) is 11.3 Å². The summed E-state index contributed by atoms with van der Waals surface area (Å²) in [6, 6.07) is 0.458. The first-order valence-corrected chi connectivity index (χ1v) is 8.81. The van der Waals surface area contributed by atoms with Crippen LogP contribution in [0.25, 0.3) is 0 Å². The van der Waals surface area contributed by atoms with Crippen LogP contribution in [0.4, 0.5) is 5.13 Å². The second-order valence-corrected chi connectivity index (χ2v) is 6.68. The Kier molecular flexibility index (Phi) is 9.28. The average molecular weight is 357 g/mol. The summed E-state index contributed by atoms with van der Waals surface area (Å²) in [5, 5.41) is 12.2. The van der Waals surface area contributed by atoms with Crippen molar-refractivity contribution in [2.45, 2.75) is 32.4 Å². The molecule has 0 bridgehead atoms. The van der Waals surface area contributed by atoms with Crippen molar-refractivity contribution in [2.24, 2.45) is 0 Å². The van der Waals surface area contributed by atoms with E-state index in [0.29, 0.717) is 24.1 Å². The monoisotopic (exact) mass is 357 g/mol. The van der Waals surface area contributed by atoms with E-state index in [9.17, 15) is 4.79 Å². The Hall–Kier alpha value is -1.71. The Labute approximate surface area is 146 Å². The number of thiazole rings is 1. The highest BCUT2D eigenvalue weighted by Gasteiger charge is 2.19. The molecule has 4 N–H and O–H groups in total. The van der Waals surface area contributed by atoms with Crippen LogP contribution in [-0.2, 0) is 16.1 Å². The Morgan fingerprint density at radius 2 is 2.12 bits per heavy atom. The molecule has 1 aliphatic heterocycles. The number of carboxylic acid groups (broad SMARTS) is 1. The van der Waals surface area contributed by atoms with E-state index in [-0.39, 0.29) is 12.4 Å². The number of nitrogens with two attached hydrogens (primary N) is 1. The van der Waals surface area contributed by atoms with Crippen molar-refractivity contribution in [3.8, 4) is 0 Å². The molecule has 1 unspecified atom stereocenters.